The average molecular weight is 240 g/mol. The molecule has 3 heteroatoms. The Hall–Kier alpha value is -2.29. The van der Waals surface area contributed by atoms with Crippen LogP contribution in [0.25, 0.3) is 0 Å². The molecule has 0 atom stereocenters. The van der Waals surface area contributed by atoms with Crippen molar-refractivity contribution in [3.63, 3.8) is 0 Å². The van der Waals surface area contributed by atoms with Crippen molar-refractivity contribution in [3.8, 4) is 5.75 Å². The summed E-state index contributed by atoms with van der Waals surface area (Å²) in [5.41, 5.74) is 6.16. The van der Waals surface area contributed by atoms with Crippen molar-refractivity contribution in [2.24, 2.45) is 5.10 Å². The third kappa shape index (κ3) is 3.10. The number of hydrogen-bond donors (Lipinski definition) is 1. The number of hydrogen-bond acceptors (Lipinski definition) is 3. The van der Waals surface area contributed by atoms with Crippen LogP contribution in [-0.4, -0.2) is 13.3 Å². The second-order valence-electron chi connectivity index (χ2n) is 3.96. The fraction of sp³-hybridized carbons (Fsp3) is 0.133. The van der Waals surface area contributed by atoms with Gasteiger partial charge in [0.2, 0.25) is 0 Å². The van der Waals surface area contributed by atoms with Gasteiger partial charge in [-0.15, -0.1) is 0 Å². The largest absolute Gasteiger partial charge is 0.497 e. The highest BCUT2D eigenvalue weighted by Crippen LogP contribution is 2.15. The fourth-order valence-corrected chi connectivity index (χ4v) is 1.61. The van der Waals surface area contributed by atoms with E-state index in [2.05, 4.69) is 10.5 Å². The Labute approximate surface area is 107 Å². The molecule has 18 heavy (non-hydrogen) atoms. The number of methoxy groups -OCH3 is 1. The van der Waals surface area contributed by atoms with Gasteiger partial charge in [-0.1, -0.05) is 18.2 Å². The summed E-state index contributed by atoms with van der Waals surface area (Å²) in [5.74, 6) is 0.862. The first-order valence-electron chi connectivity index (χ1n) is 5.78. The zero-order valence-electron chi connectivity index (χ0n) is 10.6. The van der Waals surface area contributed by atoms with Gasteiger partial charge in [0, 0.05) is 0 Å². The third-order valence-electron chi connectivity index (χ3n) is 2.65. The molecule has 92 valence electrons. The zero-order chi connectivity index (χ0) is 12.8. The molecule has 0 fully saturated rings. The van der Waals surface area contributed by atoms with Crippen LogP contribution in [0.15, 0.2) is 53.6 Å². The van der Waals surface area contributed by atoms with Gasteiger partial charge < -0.3 is 4.74 Å². The average Bonchev–Trinajstić information content (AvgIpc) is 2.42. The van der Waals surface area contributed by atoms with Gasteiger partial charge in [0.15, 0.2) is 0 Å². The molecule has 0 amide bonds. The van der Waals surface area contributed by atoms with Gasteiger partial charge in [-0.05, 0) is 48.4 Å². The highest BCUT2D eigenvalue weighted by atomic mass is 16.5. The SMILES string of the molecule is COc1ccc(C=NNc2ccccc2)c(C)c1. The van der Waals surface area contributed by atoms with Crippen LogP contribution < -0.4 is 10.2 Å². The lowest BCUT2D eigenvalue weighted by Crippen LogP contribution is -1.93. The zero-order valence-corrected chi connectivity index (χ0v) is 10.6. The lowest BCUT2D eigenvalue weighted by Gasteiger charge is -2.04. The summed E-state index contributed by atoms with van der Waals surface area (Å²) in [7, 11) is 1.67. The lowest BCUT2D eigenvalue weighted by atomic mass is 10.1. The predicted molar refractivity (Wildman–Crippen MR) is 75.4 cm³/mol. The molecule has 0 aliphatic rings. The number of nitrogens with one attached hydrogen (secondary N) is 1. The Morgan fingerprint density at radius 2 is 1.89 bits per heavy atom. The van der Waals surface area contributed by atoms with Crippen LogP contribution in [-0.2, 0) is 0 Å². The predicted octanol–water partition coefficient (Wildman–Crippen LogP) is 3.45. The quantitative estimate of drug-likeness (QED) is 0.656. The van der Waals surface area contributed by atoms with E-state index < -0.39 is 0 Å². The molecule has 0 saturated carbocycles. The van der Waals surface area contributed by atoms with Gasteiger partial charge in [0.1, 0.15) is 5.75 Å². The Morgan fingerprint density at radius 3 is 2.56 bits per heavy atom. The highest BCUT2D eigenvalue weighted by molar-refractivity contribution is 5.82. The summed E-state index contributed by atoms with van der Waals surface area (Å²) >= 11 is 0. The summed E-state index contributed by atoms with van der Waals surface area (Å²) < 4.78 is 5.16. The van der Waals surface area contributed by atoms with Crippen LogP contribution in [0.3, 0.4) is 0 Å². The van der Waals surface area contributed by atoms with E-state index in [1.54, 1.807) is 7.11 Å². The smallest absolute Gasteiger partial charge is 0.119 e. The Morgan fingerprint density at radius 1 is 1.11 bits per heavy atom. The standard InChI is InChI=1S/C15H16N2O/c1-12-10-15(18-2)9-8-13(12)11-16-17-14-6-4-3-5-7-14/h3-11,17H,1-2H3. The van der Waals surface area contributed by atoms with Crippen LogP contribution in [0.4, 0.5) is 5.69 Å². The molecule has 0 spiro atoms. The number of para-hydroxylation sites is 1. The van der Waals surface area contributed by atoms with Crippen molar-refractivity contribution in [1.82, 2.24) is 0 Å². The Bertz CT molecular complexity index is 535. The molecule has 0 heterocycles. The highest BCUT2D eigenvalue weighted by Gasteiger charge is 1.97. The number of nitrogens with zero attached hydrogens (tertiary/aromatic N) is 1. The second kappa shape index (κ2) is 5.87. The van der Waals surface area contributed by atoms with E-state index in [1.807, 2.05) is 61.7 Å². The summed E-state index contributed by atoms with van der Waals surface area (Å²) in [4.78, 5) is 0. The van der Waals surface area contributed by atoms with Crippen LogP contribution in [0.1, 0.15) is 11.1 Å². The minimum absolute atomic E-state index is 0.862. The third-order valence-corrected chi connectivity index (χ3v) is 2.65. The molecule has 3 nitrogen and oxygen atoms in total. The fourth-order valence-electron chi connectivity index (χ4n) is 1.61. The van der Waals surface area contributed by atoms with Crippen LogP contribution in [0.2, 0.25) is 0 Å². The van der Waals surface area contributed by atoms with Crippen LogP contribution in [0.5, 0.6) is 5.75 Å². The van der Waals surface area contributed by atoms with E-state index in [0.717, 1.165) is 22.6 Å². The first-order valence-corrected chi connectivity index (χ1v) is 5.78. The van der Waals surface area contributed by atoms with Gasteiger partial charge in [-0.25, -0.2) is 0 Å². The van der Waals surface area contributed by atoms with Crippen LogP contribution in [0, 0.1) is 6.92 Å². The molecule has 2 aromatic rings. The maximum atomic E-state index is 5.16. The van der Waals surface area contributed by atoms with Crippen molar-refractivity contribution >= 4 is 11.9 Å². The number of aryl methyl sites for hydroxylation is 1. The van der Waals surface area contributed by atoms with Gasteiger partial charge in [0.25, 0.3) is 0 Å². The first-order chi connectivity index (χ1) is 8.79. The Kier molecular flexibility index (Phi) is 3.97. The molecule has 2 rings (SSSR count). The number of hydrazone groups is 1. The number of anilines is 1. The Balaban J connectivity index is 2.05. The summed E-state index contributed by atoms with van der Waals surface area (Å²) in [6.07, 6.45) is 1.81. The minimum atomic E-state index is 0.862. The number of rotatable bonds is 4. The molecule has 0 unspecified atom stereocenters. The molecule has 1 N–H and O–H groups in total. The van der Waals surface area contributed by atoms with Crippen molar-refractivity contribution in [2.75, 3.05) is 12.5 Å². The second-order valence-corrected chi connectivity index (χ2v) is 3.96. The van der Waals surface area contributed by atoms with Gasteiger partial charge in [0.05, 0.1) is 19.0 Å². The number of ether oxygens (including phenoxy) is 1. The van der Waals surface area contributed by atoms with Gasteiger partial charge >= 0.3 is 0 Å². The maximum absolute atomic E-state index is 5.16. The first kappa shape index (κ1) is 12.2. The van der Waals surface area contributed by atoms with E-state index in [0.29, 0.717) is 0 Å². The molecule has 0 radical (unpaired) electrons. The summed E-state index contributed by atoms with van der Waals surface area (Å²) in [6, 6.07) is 15.8. The van der Waals surface area contributed by atoms with Crippen molar-refractivity contribution in [3.05, 3.63) is 59.7 Å². The molecule has 0 saturated heterocycles. The maximum Gasteiger partial charge on any atom is 0.119 e. The van der Waals surface area contributed by atoms with E-state index in [9.17, 15) is 0 Å². The van der Waals surface area contributed by atoms with Gasteiger partial charge in [-0.3, -0.25) is 5.43 Å². The monoisotopic (exact) mass is 240 g/mol. The topological polar surface area (TPSA) is 33.6 Å². The lowest BCUT2D eigenvalue weighted by molar-refractivity contribution is 0.414. The number of benzene rings is 2. The molecule has 0 bridgehead atoms. The van der Waals surface area contributed by atoms with E-state index in [4.69, 9.17) is 4.74 Å². The summed E-state index contributed by atoms with van der Waals surface area (Å²) in [5, 5.41) is 4.21. The molecule has 0 aliphatic carbocycles. The van der Waals surface area contributed by atoms with E-state index in [-0.39, 0.29) is 0 Å². The van der Waals surface area contributed by atoms with Crippen molar-refractivity contribution in [2.45, 2.75) is 6.92 Å². The molecular formula is C15H16N2O. The normalized spacial score (nSPS) is 10.6. The van der Waals surface area contributed by atoms with Gasteiger partial charge in [-0.2, -0.15) is 5.10 Å². The molecular weight excluding hydrogens is 224 g/mol. The molecule has 0 aromatic heterocycles. The van der Waals surface area contributed by atoms with E-state index in [1.165, 1.54) is 0 Å². The molecule has 0 aliphatic heterocycles. The summed E-state index contributed by atoms with van der Waals surface area (Å²) in [6.45, 7) is 2.03. The van der Waals surface area contributed by atoms with E-state index >= 15 is 0 Å². The van der Waals surface area contributed by atoms with Crippen LogP contribution >= 0.6 is 0 Å². The van der Waals surface area contributed by atoms with Crippen molar-refractivity contribution < 1.29 is 4.74 Å². The molecule has 2 aromatic carbocycles. The van der Waals surface area contributed by atoms with Crippen molar-refractivity contribution in [1.29, 1.82) is 0 Å². The minimum Gasteiger partial charge on any atom is -0.497 e.